The van der Waals surface area contributed by atoms with E-state index in [1.807, 2.05) is 25.3 Å². The van der Waals surface area contributed by atoms with Crippen molar-refractivity contribution in [3.8, 4) is 5.88 Å². The predicted molar refractivity (Wildman–Crippen MR) is 81.4 cm³/mol. The van der Waals surface area contributed by atoms with E-state index in [0.717, 1.165) is 25.2 Å². The van der Waals surface area contributed by atoms with Crippen molar-refractivity contribution in [2.45, 2.75) is 19.9 Å². The van der Waals surface area contributed by atoms with Crippen LogP contribution in [-0.4, -0.2) is 18.1 Å². The number of nitrogens with one attached hydrogen (secondary N) is 2. The van der Waals surface area contributed by atoms with Crippen molar-refractivity contribution < 1.29 is 4.74 Å². The van der Waals surface area contributed by atoms with Crippen LogP contribution in [0.3, 0.4) is 0 Å². The Labute approximate surface area is 119 Å². The maximum atomic E-state index is 5.34. The summed E-state index contributed by atoms with van der Waals surface area (Å²) in [6.45, 7) is 4.43. The molecule has 0 spiro atoms. The lowest BCUT2D eigenvalue weighted by Crippen LogP contribution is -2.03. The minimum Gasteiger partial charge on any atom is -0.478 e. The summed E-state index contributed by atoms with van der Waals surface area (Å²) in [6.07, 6.45) is 2.93. The number of fused-ring (bicyclic) bond motifs is 1. The van der Waals surface area contributed by atoms with Crippen LogP contribution >= 0.6 is 0 Å². The topological polar surface area (TPSA) is 46.2 Å². The SMILES string of the molecule is CCOc1ccc(NCc2cccc3c2NCC3)cn1. The molecule has 1 aliphatic heterocycles. The molecule has 20 heavy (non-hydrogen) atoms. The molecular weight excluding hydrogens is 250 g/mol. The maximum Gasteiger partial charge on any atom is 0.213 e. The van der Waals surface area contributed by atoms with Gasteiger partial charge in [-0.25, -0.2) is 4.98 Å². The van der Waals surface area contributed by atoms with Gasteiger partial charge in [0.1, 0.15) is 0 Å². The molecule has 0 bridgehead atoms. The van der Waals surface area contributed by atoms with Crippen molar-refractivity contribution in [2.75, 3.05) is 23.8 Å². The molecule has 0 unspecified atom stereocenters. The standard InChI is InChI=1S/C16H19N3O/c1-2-20-15-7-6-14(11-19-15)18-10-13-5-3-4-12-8-9-17-16(12)13/h3-7,11,17-18H,2,8-10H2,1H3. The van der Waals surface area contributed by atoms with Crippen LogP contribution in [0.5, 0.6) is 5.88 Å². The second kappa shape index (κ2) is 5.82. The first-order valence-electron chi connectivity index (χ1n) is 7.04. The minimum absolute atomic E-state index is 0.640. The molecule has 4 heteroatoms. The highest BCUT2D eigenvalue weighted by Crippen LogP contribution is 2.27. The third kappa shape index (κ3) is 2.69. The van der Waals surface area contributed by atoms with E-state index in [1.54, 1.807) is 0 Å². The molecule has 2 N–H and O–H groups in total. The summed E-state index contributed by atoms with van der Waals surface area (Å²) in [5.41, 5.74) is 5.01. The van der Waals surface area contributed by atoms with Crippen LogP contribution in [0.4, 0.5) is 11.4 Å². The highest BCUT2D eigenvalue weighted by atomic mass is 16.5. The van der Waals surface area contributed by atoms with E-state index in [-0.39, 0.29) is 0 Å². The zero-order valence-corrected chi connectivity index (χ0v) is 11.6. The Balaban J connectivity index is 1.66. The molecule has 0 saturated carbocycles. The summed E-state index contributed by atoms with van der Waals surface area (Å²) in [6, 6.07) is 10.4. The summed E-state index contributed by atoms with van der Waals surface area (Å²) < 4.78 is 5.34. The lowest BCUT2D eigenvalue weighted by atomic mass is 10.1. The van der Waals surface area contributed by atoms with Crippen molar-refractivity contribution in [3.05, 3.63) is 47.7 Å². The molecule has 1 aromatic heterocycles. The lowest BCUT2D eigenvalue weighted by molar-refractivity contribution is 0.327. The number of aromatic nitrogens is 1. The van der Waals surface area contributed by atoms with Gasteiger partial charge in [-0.15, -0.1) is 0 Å². The smallest absolute Gasteiger partial charge is 0.213 e. The van der Waals surface area contributed by atoms with Gasteiger partial charge in [-0.3, -0.25) is 0 Å². The van der Waals surface area contributed by atoms with Crippen LogP contribution in [0.25, 0.3) is 0 Å². The zero-order chi connectivity index (χ0) is 13.8. The molecule has 1 aliphatic rings. The monoisotopic (exact) mass is 269 g/mol. The Bertz CT molecular complexity index is 581. The van der Waals surface area contributed by atoms with Gasteiger partial charge >= 0.3 is 0 Å². The highest BCUT2D eigenvalue weighted by Gasteiger charge is 2.13. The number of ether oxygens (including phenoxy) is 1. The number of pyridine rings is 1. The molecule has 0 fully saturated rings. The number of benzene rings is 1. The Morgan fingerprint density at radius 2 is 2.25 bits per heavy atom. The van der Waals surface area contributed by atoms with Crippen LogP contribution in [0.15, 0.2) is 36.5 Å². The summed E-state index contributed by atoms with van der Waals surface area (Å²) in [7, 11) is 0. The fourth-order valence-electron chi connectivity index (χ4n) is 2.47. The number of hydrogen-bond acceptors (Lipinski definition) is 4. The van der Waals surface area contributed by atoms with E-state index in [4.69, 9.17) is 4.74 Å². The van der Waals surface area contributed by atoms with Gasteiger partial charge in [0, 0.05) is 24.8 Å². The number of rotatable bonds is 5. The lowest BCUT2D eigenvalue weighted by Gasteiger charge is -2.11. The number of para-hydroxylation sites is 1. The van der Waals surface area contributed by atoms with E-state index in [2.05, 4.69) is 33.8 Å². The average molecular weight is 269 g/mol. The Morgan fingerprint density at radius 1 is 1.30 bits per heavy atom. The van der Waals surface area contributed by atoms with Gasteiger partial charge in [0.2, 0.25) is 5.88 Å². The van der Waals surface area contributed by atoms with Gasteiger partial charge in [0.15, 0.2) is 0 Å². The van der Waals surface area contributed by atoms with E-state index in [9.17, 15) is 0 Å². The number of nitrogens with zero attached hydrogens (tertiary/aromatic N) is 1. The molecule has 1 aromatic carbocycles. The Hall–Kier alpha value is -2.23. The first-order valence-corrected chi connectivity index (χ1v) is 7.04. The molecule has 2 heterocycles. The third-order valence-electron chi connectivity index (χ3n) is 3.44. The molecule has 0 amide bonds. The van der Waals surface area contributed by atoms with Crippen LogP contribution in [0, 0.1) is 0 Å². The van der Waals surface area contributed by atoms with Crippen LogP contribution in [0.1, 0.15) is 18.1 Å². The highest BCUT2D eigenvalue weighted by molar-refractivity contribution is 5.62. The molecule has 4 nitrogen and oxygen atoms in total. The molecule has 3 rings (SSSR count). The molecule has 0 saturated heterocycles. The van der Waals surface area contributed by atoms with Gasteiger partial charge in [0.25, 0.3) is 0 Å². The summed E-state index contributed by atoms with van der Waals surface area (Å²) in [5, 5.41) is 6.86. The van der Waals surface area contributed by atoms with Crippen LogP contribution in [-0.2, 0) is 13.0 Å². The van der Waals surface area contributed by atoms with E-state index in [0.29, 0.717) is 12.5 Å². The van der Waals surface area contributed by atoms with Gasteiger partial charge in [-0.1, -0.05) is 18.2 Å². The normalized spacial score (nSPS) is 12.7. The fraction of sp³-hybridized carbons (Fsp3) is 0.312. The van der Waals surface area contributed by atoms with E-state index < -0.39 is 0 Å². The van der Waals surface area contributed by atoms with Gasteiger partial charge < -0.3 is 15.4 Å². The van der Waals surface area contributed by atoms with Crippen LogP contribution in [0.2, 0.25) is 0 Å². The minimum atomic E-state index is 0.640. The molecule has 104 valence electrons. The first kappa shape index (κ1) is 12.8. The Kier molecular flexibility index (Phi) is 3.72. The van der Waals surface area contributed by atoms with Crippen molar-refractivity contribution in [1.29, 1.82) is 0 Å². The van der Waals surface area contributed by atoms with E-state index >= 15 is 0 Å². The maximum absolute atomic E-state index is 5.34. The first-order chi connectivity index (χ1) is 9.86. The van der Waals surface area contributed by atoms with Gasteiger partial charge in [0.05, 0.1) is 18.5 Å². The van der Waals surface area contributed by atoms with Crippen molar-refractivity contribution in [3.63, 3.8) is 0 Å². The molecule has 2 aromatic rings. The second-order valence-corrected chi connectivity index (χ2v) is 4.80. The molecule has 0 atom stereocenters. The summed E-state index contributed by atoms with van der Waals surface area (Å²) in [5.74, 6) is 0.667. The van der Waals surface area contributed by atoms with Gasteiger partial charge in [-0.05, 0) is 30.5 Å². The summed E-state index contributed by atoms with van der Waals surface area (Å²) >= 11 is 0. The molecule has 0 aliphatic carbocycles. The Morgan fingerprint density at radius 3 is 3.05 bits per heavy atom. The van der Waals surface area contributed by atoms with E-state index in [1.165, 1.54) is 16.8 Å². The predicted octanol–water partition coefficient (Wildman–Crippen LogP) is 3.06. The molecular formula is C16H19N3O. The second-order valence-electron chi connectivity index (χ2n) is 4.80. The number of hydrogen-bond donors (Lipinski definition) is 2. The third-order valence-corrected chi connectivity index (χ3v) is 3.44. The molecule has 0 radical (unpaired) electrons. The zero-order valence-electron chi connectivity index (χ0n) is 11.6. The number of anilines is 2. The largest absolute Gasteiger partial charge is 0.478 e. The van der Waals surface area contributed by atoms with Crippen molar-refractivity contribution >= 4 is 11.4 Å². The van der Waals surface area contributed by atoms with Crippen molar-refractivity contribution in [1.82, 2.24) is 4.98 Å². The van der Waals surface area contributed by atoms with Crippen LogP contribution < -0.4 is 15.4 Å². The van der Waals surface area contributed by atoms with Gasteiger partial charge in [-0.2, -0.15) is 0 Å². The summed E-state index contributed by atoms with van der Waals surface area (Å²) in [4.78, 5) is 4.25. The fourth-order valence-corrected chi connectivity index (χ4v) is 2.47. The quantitative estimate of drug-likeness (QED) is 0.875. The van der Waals surface area contributed by atoms with Crippen molar-refractivity contribution in [2.24, 2.45) is 0 Å². The average Bonchev–Trinajstić information content (AvgIpc) is 2.96.